The van der Waals surface area contributed by atoms with Gasteiger partial charge in [-0.1, -0.05) is 12.1 Å². The van der Waals surface area contributed by atoms with E-state index in [1.807, 2.05) is 0 Å². The predicted octanol–water partition coefficient (Wildman–Crippen LogP) is 2.35. The first-order valence-electron chi connectivity index (χ1n) is 6.44. The molecule has 3 nitrogen and oxygen atoms in total. The summed E-state index contributed by atoms with van der Waals surface area (Å²) in [7, 11) is 0. The highest BCUT2D eigenvalue weighted by molar-refractivity contribution is 7.99. The fourth-order valence-corrected chi connectivity index (χ4v) is 2.74. The summed E-state index contributed by atoms with van der Waals surface area (Å²) in [5.41, 5.74) is 1.03. The van der Waals surface area contributed by atoms with Gasteiger partial charge in [-0.25, -0.2) is 4.39 Å². The van der Waals surface area contributed by atoms with Gasteiger partial charge in [0.05, 0.1) is 11.9 Å². The maximum atomic E-state index is 12.7. The molecule has 0 aromatic heterocycles. The first kappa shape index (κ1) is 14.3. The van der Waals surface area contributed by atoms with E-state index >= 15 is 0 Å². The molecule has 104 valence electrons. The highest BCUT2D eigenvalue weighted by Crippen LogP contribution is 2.13. The second kappa shape index (κ2) is 7.50. The van der Waals surface area contributed by atoms with Crippen molar-refractivity contribution >= 4 is 17.7 Å². The van der Waals surface area contributed by atoms with Gasteiger partial charge in [-0.3, -0.25) is 4.79 Å². The van der Waals surface area contributed by atoms with Crippen LogP contribution in [0, 0.1) is 5.82 Å². The molecule has 1 aliphatic rings. The van der Waals surface area contributed by atoms with Crippen LogP contribution in [0.1, 0.15) is 18.4 Å². The number of benzene rings is 1. The number of nitrogens with one attached hydrogen (secondary N) is 1. The molecule has 1 atom stereocenters. The van der Waals surface area contributed by atoms with Crippen LogP contribution in [0.4, 0.5) is 4.39 Å². The van der Waals surface area contributed by atoms with Crippen LogP contribution in [-0.2, 0) is 15.3 Å². The summed E-state index contributed by atoms with van der Waals surface area (Å²) < 4.78 is 18.1. The summed E-state index contributed by atoms with van der Waals surface area (Å²) in [6, 6.07) is 6.36. The molecule has 1 heterocycles. The molecule has 1 aliphatic heterocycles. The summed E-state index contributed by atoms with van der Waals surface area (Å²) in [5, 5.41) is 2.88. The Morgan fingerprint density at radius 1 is 1.42 bits per heavy atom. The Morgan fingerprint density at radius 3 is 2.89 bits per heavy atom. The minimum atomic E-state index is -0.233. The first-order chi connectivity index (χ1) is 9.24. The maximum absolute atomic E-state index is 12.7. The van der Waals surface area contributed by atoms with Crippen LogP contribution in [0.5, 0.6) is 0 Å². The molecular formula is C14H18FNO2S. The van der Waals surface area contributed by atoms with Crippen molar-refractivity contribution in [3.8, 4) is 0 Å². The second-order valence-electron chi connectivity index (χ2n) is 4.56. The number of carbonyl (C=O) groups excluding carboxylic acids is 1. The zero-order valence-corrected chi connectivity index (χ0v) is 11.5. The third kappa shape index (κ3) is 5.20. The standard InChI is InChI=1S/C14H18FNO2S/c15-12-5-3-11(4-6-12)9-19-10-14(17)16-8-13-2-1-7-18-13/h3-6,13H,1-2,7-10H2,(H,16,17)/t13-/m1/s1. The van der Waals surface area contributed by atoms with Crippen LogP contribution in [0.2, 0.25) is 0 Å². The number of amides is 1. The molecule has 0 bridgehead atoms. The van der Waals surface area contributed by atoms with Gasteiger partial charge in [0.2, 0.25) is 5.91 Å². The maximum Gasteiger partial charge on any atom is 0.230 e. The Kier molecular flexibility index (Phi) is 5.66. The summed E-state index contributed by atoms with van der Waals surface area (Å²) in [5.74, 6) is 0.934. The van der Waals surface area contributed by atoms with Crippen LogP contribution < -0.4 is 5.32 Å². The topological polar surface area (TPSA) is 38.3 Å². The molecule has 0 saturated carbocycles. The lowest BCUT2D eigenvalue weighted by atomic mass is 10.2. The van der Waals surface area contributed by atoms with E-state index in [0.29, 0.717) is 18.1 Å². The average Bonchev–Trinajstić information content (AvgIpc) is 2.92. The number of thioether (sulfide) groups is 1. The van der Waals surface area contributed by atoms with E-state index in [9.17, 15) is 9.18 Å². The molecule has 1 fully saturated rings. The van der Waals surface area contributed by atoms with E-state index in [1.165, 1.54) is 23.9 Å². The van der Waals surface area contributed by atoms with E-state index in [1.54, 1.807) is 12.1 Å². The number of hydrogen-bond donors (Lipinski definition) is 1. The van der Waals surface area contributed by atoms with Crippen LogP contribution in [0.3, 0.4) is 0 Å². The van der Waals surface area contributed by atoms with Crippen LogP contribution in [0.25, 0.3) is 0 Å². The number of rotatable bonds is 6. The van der Waals surface area contributed by atoms with Crippen molar-refractivity contribution in [3.05, 3.63) is 35.6 Å². The van der Waals surface area contributed by atoms with Crippen LogP contribution >= 0.6 is 11.8 Å². The van der Waals surface area contributed by atoms with Gasteiger partial charge in [0, 0.05) is 18.9 Å². The number of carbonyl (C=O) groups is 1. The number of hydrogen-bond acceptors (Lipinski definition) is 3. The molecule has 0 radical (unpaired) electrons. The monoisotopic (exact) mass is 283 g/mol. The van der Waals surface area contributed by atoms with Gasteiger partial charge in [-0.2, -0.15) is 0 Å². The fraction of sp³-hybridized carbons (Fsp3) is 0.500. The van der Waals surface area contributed by atoms with Gasteiger partial charge >= 0.3 is 0 Å². The smallest absolute Gasteiger partial charge is 0.230 e. The SMILES string of the molecule is O=C(CSCc1ccc(F)cc1)NC[C@H]1CCCO1. The molecule has 19 heavy (non-hydrogen) atoms. The number of halogens is 1. The minimum Gasteiger partial charge on any atom is -0.376 e. The molecule has 0 unspecified atom stereocenters. The van der Waals surface area contributed by atoms with E-state index < -0.39 is 0 Å². The van der Waals surface area contributed by atoms with Gasteiger partial charge in [-0.05, 0) is 30.5 Å². The van der Waals surface area contributed by atoms with Crippen molar-refractivity contribution in [1.82, 2.24) is 5.32 Å². The zero-order chi connectivity index (χ0) is 13.5. The summed E-state index contributed by atoms with van der Waals surface area (Å²) >= 11 is 1.53. The Hall–Kier alpha value is -1.07. The lowest BCUT2D eigenvalue weighted by Gasteiger charge is -2.10. The molecule has 1 aromatic rings. The Bertz CT molecular complexity index is 404. The lowest BCUT2D eigenvalue weighted by Crippen LogP contribution is -2.32. The molecule has 5 heteroatoms. The van der Waals surface area contributed by atoms with Gasteiger partial charge < -0.3 is 10.1 Å². The molecule has 0 aliphatic carbocycles. The molecule has 1 N–H and O–H groups in total. The normalized spacial score (nSPS) is 18.5. The Labute approximate surface area is 116 Å². The minimum absolute atomic E-state index is 0.0302. The largest absolute Gasteiger partial charge is 0.376 e. The van der Waals surface area contributed by atoms with E-state index in [0.717, 1.165) is 25.0 Å². The van der Waals surface area contributed by atoms with Crippen LogP contribution in [-0.4, -0.2) is 30.9 Å². The molecule has 1 amide bonds. The molecule has 1 aromatic carbocycles. The van der Waals surface area contributed by atoms with Crippen molar-refractivity contribution in [2.75, 3.05) is 18.9 Å². The van der Waals surface area contributed by atoms with Gasteiger partial charge in [0.25, 0.3) is 0 Å². The third-order valence-corrected chi connectivity index (χ3v) is 3.97. The summed E-state index contributed by atoms with van der Waals surface area (Å²) in [6.45, 7) is 1.41. The van der Waals surface area contributed by atoms with Crippen LogP contribution in [0.15, 0.2) is 24.3 Å². The fourth-order valence-electron chi connectivity index (χ4n) is 1.93. The zero-order valence-electron chi connectivity index (χ0n) is 10.7. The highest BCUT2D eigenvalue weighted by atomic mass is 32.2. The molecular weight excluding hydrogens is 265 g/mol. The van der Waals surface area contributed by atoms with Crippen molar-refractivity contribution in [2.45, 2.75) is 24.7 Å². The quantitative estimate of drug-likeness (QED) is 0.871. The Morgan fingerprint density at radius 2 is 2.21 bits per heavy atom. The second-order valence-corrected chi connectivity index (χ2v) is 5.54. The number of ether oxygens (including phenoxy) is 1. The average molecular weight is 283 g/mol. The van der Waals surface area contributed by atoms with Gasteiger partial charge in [0.15, 0.2) is 0 Å². The van der Waals surface area contributed by atoms with E-state index in [-0.39, 0.29) is 17.8 Å². The van der Waals surface area contributed by atoms with E-state index in [4.69, 9.17) is 4.74 Å². The lowest BCUT2D eigenvalue weighted by molar-refractivity contribution is -0.119. The van der Waals surface area contributed by atoms with Gasteiger partial charge in [-0.15, -0.1) is 11.8 Å². The Balaban J connectivity index is 1.59. The third-order valence-electron chi connectivity index (χ3n) is 2.97. The van der Waals surface area contributed by atoms with E-state index in [2.05, 4.69) is 5.32 Å². The van der Waals surface area contributed by atoms with Crippen molar-refractivity contribution in [2.24, 2.45) is 0 Å². The van der Waals surface area contributed by atoms with Crippen molar-refractivity contribution < 1.29 is 13.9 Å². The summed E-state index contributed by atoms with van der Waals surface area (Å²) in [6.07, 6.45) is 2.30. The van der Waals surface area contributed by atoms with Gasteiger partial charge in [0.1, 0.15) is 5.82 Å². The van der Waals surface area contributed by atoms with Crippen molar-refractivity contribution in [1.29, 1.82) is 0 Å². The molecule has 0 spiro atoms. The highest BCUT2D eigenvalue weighted by Gasteiger charge is 2.15. The summed E-state index contributed by atoms with van der Waals surface area (Å²) in [4.78, 5) is 11.6. The molecule has 1 saturated heterocycles. The van der Waals surface area contributed by atoms with Crippen molar-refractivity contribution in [3.63, 3.8) is 0 Å². The predicted molar refractivity (Wildman–Crippen MR) is 74.5 cm³/mol. The first-order valence-corrected chi connectivity index (χ1v) is 7.60. The molecule has 2 rings (SSSR count).